The molecule has 0 spiro atoms. The highest BCUT2D eigenvalue weighted by Gasteiger charge is 2.22. The van der Waals surface area contributed by atoms with Gasteiger partial charge in [-0.15, -0.1) is 11.6 Å². The number of aryl methyl sites for hydroxylation is 1. The third-order valence-electron chi connectivity index (χ3n) is 3.11. The lowest BCUT2D eigenvalue weighted by molar-refractivity contribution is 0.103. The molecule has 2 unspecified atom stereocenters. The SMILES string of the molecule is Cc1cc(Br)c(C(Cl)CC2CCCO2)cc1Br. The van der Waals surface area contributed by atoms with Crippen molar-refractivity contribution in [3.63, 3.8) is 0 Å². The predicted molar refractivity (Wildman–Crippen MR) is 78.8 cm³/mol. The Labute approximate surface area is 124 Å². The van der Waals surface area contributed by atoms with Crippen molar-refractivity contribution in [3.8, 4) is 0 Å². The van der Waals surface area contributed by atoms with Crippen molar-refractivity contribution in [1.82, 2.24) is 0 Å². The summed E-state index contributed by atoms with van der Waals surface area (Å²) >= 11 is 13.6. The van der Waals surface area contributed by atoms with E-state index in [4.69, 9.17) is 16.3 Å². The van der Waals surface area contributed by atoms with Crippen molar-refractivity contribution in [2.75, 3.05) is 6.61 Å². The van der Waals surface area contributed by atoms with E-state index in [-0.39, 0.29) is 5.38 Å². The molecule has 1 aliphatic rings. The predicted octanol–water partition coefficient (Wildman–Crippen LogP) is 5.37. The fourth-order valence-corrected chi connectivity index (χ4v) is 3.70. The normalized spacial score (nSPS) is 21.8. The highest BCUT2D eigenvalue weighted by atomic mass is 79.9. The first-order chi connectivity index (χ1) is 8.08. The number of halogens is 3. The van der Waals surface area contributed by atoms with Crippen LogP contribution in [0.3, 0.4) is 0 Å². The molecular formula is C13H15Br2ClO. The molecule has 0 amide bonds. The maximum absolute atomic E-state index is 6.49. The fourth-order valence-electron chi connectivity index (χ4n) is 2.09. The van der Waals surface area contributed by atoms with Crippen LogP contribution in [-0.2, 0) is 4.74 Å². The molecule has 1 nitrogen and oxygen atoms in total. The molecule has 4 heteroatoms. The Bertz CT molecular complexity index is 403. The van der Waals surface area contributed by atoms with Gasteiger partial charge in [0.2, 0.25) is 0 Å². The molecule has 1 heterocycles. The summed E-state index contributed by atoms with van der Waals surface area (Å²) in [4.78, 5) is 0. The summed E-state index contributed by atoms with van der Waals surface area (Å²) in [5.41, 5.74) is 2.35. The van der Waals surface area contributed by atoms with Crippen LogP contribution in [0, 0.1) is 6.92 Å². The molecule has 1 aromatic rings. The van der Waals surface area contributed by atoms with E-state index in [0.29, 0.717) is 6.10 Å². The Hall–Kier alpha value is 0.430. The van der Waals surface area contributed by atoms with Crippen LogP contribution in [0.1, 0.15) is 35.8 Å². The zero-order valence-corrected chi connectivity index (χ0v) is 13.6. The standard InChI is InChI=1S/C13H15Br2ClO/c1-8-5-12(15)10(7-11(8)14)13(16)6-9-3-2-4-17-9/h5,7,9,13H,2-4,6H2,1H3. The maximum atomic E-state index is 6.49. The topological polar surface area (TPSA) is 9.23 Å². The van der Waals surface area contributed by atoms with Crippen molar-refractivity contribution in [3.05, 3.63) is 32.2 Å². The third-order valence-corrected chi connectivity index (χ3v) is 5.06. The Morgan fingerprint density at radius 3 is 2.82 bits per heavy atom. The van der Waals surface area contributed by atoms with Gasteiger partial charge in [-0.05, 0) is 49.4 Å². The minimum absolute atomic E-state index is 0.00405. The van der Waals surface area contributed by atoms with E-state index >= 15 is 0 Å². The molecule has 2 rings (SSSR count). The number of hydrogen-bond acceptors (Lipinski definition) is 1. The van der Waals surface area contributed by atoms with Gasteiger partial charge in [-0.2, -0.15) is 0 Å². The van der Waals surface area contributed by atoms with E-state index in [1.807, 2.05) is 0 Å². The first-order valence-corrected chi connectivity index (χ1v) is 7.81. The molecule has 1 saturated heterocycles. The number of alkyl halides is 1. The Kier molecular flexibility index (Phi) is 4.93. The van der Waals surface area contributed by atoms with Gasteiger partial charge < -0.3 is 4.74 Å². The zero-order valence-electron chi connectivity index (χ0n) is 9.68. The molecule has 1 aromatic carbocycles. The molecule has 94 valence electrons. The highest BCUT2D eigenvalue weighted by Crippen LogP contribution is 2.36. The van der Waals surface area contributed by atoms with Crippen LogP contribution in [0.2, 0.25) is 0 Å². The molecule has 0 radical (unpaired) electrons. The summed E-state index contributed by atoms with van der Waals surface area (Å²) in [5.74, 6) is 0. The lowest BCUT2D eigenvalue weighted by Gasteiger charge is -2.17. The second-order valence-electron chi connectivity index (χ2n) is 4.46. The molecule has 17 heavy (non-hydrogen) atoms. The van der Waals surface area contributed by atoms with Gasteiger partial charge in [-0.1, -0.05) is 31.9 Å². The maximum Gasteiger partial charge on any atom is 0.0621 e. The van der Waals surface area contributed by atoms with E-state index in [0.717, 1.165) is 40.4 Å². The van der Waals surface area contributed by atoms with Crippen molar-refractivity contribution in [2.24, 2.45) is 0 Å². The number of hydrogen-bond donors (Lipinski definition) is 0. The Morgan fingerprint density at radius 2 is 2.18 bits per heavy atom. The summed E-state index contributed by atoms with van der Waals surface area (Å²) < 4.78 is 7.81. The van der Waals surface area contributed by atoms with Crippen LogP contribution >= 0.6 is 43.5 Å². The van der Waals surface area contributed by atoms with E-state index < -0.39 is 0 Å². The average molecular weight is 383 g/mol. The van der Waals surface area contributed by atoms with Gasteiger partial charge in [0.15, 0.2) is 0 Å². The van der Waals surface area contributed by atoms with Crippen LogP contribution in [-0.4, -0.2) is 12.7 Å². The van der Waals surface area contributed by atoms with Gasteiger partial charge in [0.1, 0.15) is 0 Å². The number of benzene rings is 1. The van der Waals surface area contributed by atoms with Crippen LogP contribution in [0.25, 0.3) is 0 Å². The van der Waals surface area contributed by atoms with E-state index in [9.17, 15) is 0 Å². The smallest absolute Gasteiger partial charge is 0.0621 e. The molecule has 0 aromatic heterocycles. The van der Waals surface area contributed by atoms with Crippen LogP contribution in [0.5, 0.6) is 0 Å². The molecule has 2 atom stereocenters. The first kappa shape index (κ1) is 13.9. The molecular weight excluding hydrogens is 367 g/mol. The molecule has 0 bridgehead atoms. The summed E-state index contributed by atoms with van der Waals surface area (Å²) in [7, 11) is 0. The van der Waals surface area contributed by atoms with E-state index in [1.54, 1.807) is 0 Å². The van der Waals surface area contributed by atoms with Crippen molar-refractivity contribution >= 4 is 43.5 Å². The highest BCUT2D eigenvalue weighted by molar-refractivity contribution is 9.11. The van der Waals surface area contributed by atoms with Crippen LogP contribution < -0.4 is 0 Å². The zero-order chi connectivity index (χ0) is 12.4. The van der Waals surface area contributed by atoms with Crippen LogP contribution in [0.15, 0.2) is 21.1 Å². The largest absolute Gasteiger partial charge is 0.378 e. The average Bonchev–Trinajstić information content (AvgIpc) is 2.76. The van der Waals surface area contributed by atoms with Gasteiger partial charge in [0.25, 0.3) is 0 Å². The summed E-state index contributed by atoms with van der Waals surface area (Å²) in [5, 5.41) is 0.00405. The summed E-state index contributed by atoms with van der Waals surface area (Å²) in [6.45, 7) is 2.95. The van der Waals surface area contributed by atoms with Gasteiger partial charge in [-0.25, -0.2) is 0 Å². The Morgan fingerprint density at radius 1 is 1.41 bits per heavy atom. The van der Waals surface area contributed by atoms with Crippen molar-refractivity contribution in [1.29, 1.82) is 0 Å². The minimum Gasteiger partial charge on any atom is -0.378 e. The molecule has 0 N–H and O–H groups in total. The quantitative estimate of drug-likeness (QED) is 0.639. The van der Waals surface area contributed by atoms with Gasteiger partial charge >= 0.3 is 0 Å². The van der Waals surface area contributed by atoms with Crippen molar-refractivity contribution in [2.45, 2.75) is 37.7 Å². The number of rotatable bonds is 3. The third kappa shape index (κ3) is 3.46. The Balaban J connectivity index is 2.12. The van der Waals surface area contributed by atoms with E-state index in [1.165, 1.54) is 5.56 Å². The van der Waals surface area contributed by atoms with E-state index in [2.05, 4.69) is 50.9 Å². The fraction of sp³-hybridized carbons (Fsp3) is 0.538. The molecule has 1 aliphatic heterocycles. The van der Waals surface area contributed by atoms with Gasteiger partial charge in [0.05, 0.1) is 11.5 Å². The van der Waals surface area contributed by atoms with Crippen LogP contribution in [0.4, 0.5) is 0 Å². The van der Waals surface area contributed by atoms with Gasteiger partial charge in [0, 0.05) is 15.6 Å². The first-order valence-electron chi connectivity index (χ1n) is 5.79. The molecule has 0 aliphatic carbocycles. The van der Waals surface area contributed by atoms with Gasteiger partial charge in [-0.3, -0.25) is 0 Å². The van der Waals surface area contributed by atoms with Crippen molar-refractivity contribution < 1.29 is 4.74 Å². The number of ether oxygens (including phenoxy) is 1. The minimum atomic E-state index is 0.00405. The lowest BCUT2D eigenvalue weighted by atomic mass is 10.0. The molecule has 0 saturated carbocycles. The monoisotopic (exact) mass is 380 g/mol. The second kappa shape index (κ2) is 6.05. The summed E-state index contributed by atoms with van der Waals surface area (Å²) in [6, 6.07) is 4.20. The molecule has 1 fully saturated rings. The second-order valence-corrected chi connectivity index (χ2v) is 6.70. The lowest BCUT2D eigenvalue weighted by Crippen LogP contribution is -2.08. The summed E-state index contributed by atoms with van der Waals surface area (Å²) in [6.07, 6.45) is 3.50.